The molecule has 0 aliphatic carbocycles. The molecule has 0 spiro atoms. The van der Waals surface area contributed by atoms with Gasteiger partial charge in [-0.25, -0.2) is 0 Å². The molecular formula is C15H16N4O2. The molecule has 1 atom stereocenters. The van der Waals surface area contributed by atoms with Crippen LogP contribution in [0.4, 0.5) is 0 Å². The molecular weight excluding hydrogens is 268 g/mol. The molecule has 2 aromatic rings. The lowest BCUT2D eigenvalue weighted by Crippen LogP contribution is -2.40. The van der Waals surface area contributed by atoms with Crippen LogP contribution < -0.4 is 10.6 Å². The summed E-state index contributed by atoms with van der Waals surface area (Å²) in [7, 11) is 0. The number of rotatable bonds is 5. The van der Waals surface area contributed by atoms with Crippen LogP contribution in [0.3, 0.4) is 0 Å². The first kappa shape index (κ1) is 13.5. The van der Waals surface area contributed by atoms with Crippen molar-refractivity contribution >= 4 is 5.91 Å². The van der Waals surface area contributed by atoms with Gasteiger partial charge in [0, 0.05) is 13.0 Å². The third kappa shape index (κ3) is 3.55. The Hall–Kier alpha value is -2.47. The molecule has 2 heterocycles. The minimum atomic E-state index is -0.267. The van der Waals surface area contributed by atoms with Crippen LogP contribution in [-0.4, -0.2) is 28.6 Å². The number of hydrogen-bond acceptors (Lipinski definition) is 5. The van der Waals surface area contributed by atoms with Crippen molar-refractivity contribution < 1.29 is 9.32 Å². The Kier molecular flexibility index (Phi) is 4.07. The van der Waals surface area contributed by atoms with Crippen LogP contribution in [0.1, 0.15) is 17.3 Å². The van der Waals surface area contributed by atoms with E-state index in [9.17, 15) is 4.79 Å². The normalized spacial score (nSPS) is 17.0. The van der Waals surface area contributed by atoms with Crippen molar-refractivity contribution in [1.29, 1.82) is 0 Å². The lowest BCUT2D eigenvalue weighted by molar-refractivity contribution is -0.122. The first-order valence-corrected chi connectivity index (χ1v) is 6.84. The summed E-state index contributed by atoms with van der Waals surface area (Å²) in [4.78, 5) is 16.1. The first-order valence-electron chi connectivity index (χ1n) is 6.84. The number of amides is 1. The number of carbonyl (C=O) groups is 1. The van der Waals surface area contributed by atoms with Gasteiger partial charge in [0.1, 0.15) is 6.04 Å². The third-order valence-corrected chi connectivity index (χ3v) is 3.20. The number of nitrogens with one attached hydrogen (secondary N) is 2. The summed E-state index contributed by atoms with van der Waals surface area (Å²) in [6.07, 6.45) is 4.38. The molecule has 21 heavy (non-hydrogen) atoms. The number of benzene rings is 1. The second kappa shape index (κ2) is 6.32. The lowest BCUT2D eigenvalue weighted by Gasteiger charge is -2.07. The Morgan fingerprint density at radius 2 is 2.24 bits per heavy atom. The summed E-state index contributed by atoms with van der Waals surface area (Å²) in [5.74, 6) is 0.937. The smallest absolute Gasteiger partial charge is 0.246 e. The maximum atomic E-state index is 11.8. The van der Waals surface area contributed by atoms with Crippen LogP contribution in [0, 0.1) is 0 Å². The van der Waals surface area contributed by atoms with Crippen molar-refractivity contribution in [2.75, 3.05) is 6.54 Å². The van der Waals surface area contributed by atoms with Crippen molar-refractivity contribution in [2.45, 2.75) is 19.0 Å². The summed E-state index contributed by atoms with van der Waals surface area (Å²) in [6.45, 7) is 0.965. The standard InChI is InChI=1S/C15H16N4O2/c20-15(12-7-4-8-16-12)17-10-14-18-13(19-21-14)9-11-5-2-1-3-6-11/h1-7,12,16H,8-10H2,(H,17,20)/t12-/m1/s1. The molecule has 108 valence electrons. The number of nitrogens with zero attached hydrogens (tertiary/aromatic N) is 2. The van der Waals surface area contributed by atoms with Gasteiger partial charge in [-0.05, 0) is 5.56 Å². The Balaban J connectivity index is 1.53. The van der Waals surface area contributed by atoms with Crippen LogP contribution >= 0.6 is 0 Å². The molecule has 6 nitrogen and oxygen atoms in total. The second-order valence-electron chi connectivity index (χ2n) is 4.80. The highest BCUT2D eigenvalue weighted by atomic mass is 16.5. The highest BCUT2D eigenvalue weighted by molar-refractivity contribution is 5.84. The Morgan fingerprint density at radius 1 is 1.38 bits per heavy atom. The monoisotopic (exact) mass is 284 g/mol. The van der Waals surface area contributed by atoms with Gasteiger partial charge in [0.25, 0.3) is 0 Å². The molecule has 0 bridgehead atoms. The van der Waals surface area contributed by atoms with E-state index < -0.39 is 0 Å². The molecule has 0 saturated carbocycles. The zero-order valence-electron chi connectivity index (χ0n) is 11.5. The predicted octanol–water partition coefficient (Wildman–Crippen LogP) is 0.805. The molecule has 6 heteroatoms. The van der Waals surface area contributed by atoms with Crippen LogP contribution in [0.2, 0.25) is 0 Å². The van der Waals surface area contributed by atoms with Crippen molar-refractivity contribution in [3.05, 3.63) is 59.8 Å². The fourth-order valence-corrected chi connectivity index (χ4v) is 2.13. The Labute approximate surface area is 122 Å². The van der Waals surface area contributed by atoms with Gasteiger partial charge in [-0.1, -0.05) is 47.6 Å². The third-order valence-electron chi connectivity index (χ3n) is 3.20. The highest BCUT2D eigenvalue weighted by Gasteiger charge is 2.17. The van der Waals surface area contributed by atoms with E-state index in [1.165, 1.54) is 0 Å². The molecule has 0 unspecified atom stereocenters. The van der Waals surface area contributed by atoms with Crippen molar-refractivity contribution in [3.8, 4) is 0 Å². The van der Waals surface area contributed by atoms with Gasteiger partial charge in [-0.15, -0.1) is 0 Å². The van der Waals surface area contributed by atoms with Crippen LogP contribution in [0.25, 0.3) is 0 Å². The molecule has 1 amide bonds. The SMILES string of the molecule is O=C(NCc1nc(Cc2ccccc2)no1)[C@H]1C=CCN1. The van der Waals surface area contributed by atoms with Gasteiger partial charge >= 0.3 is 0 Å². The Morgan fingerprint density at radius 3 is 3.00 bits per heavy atom. The van der Waals surface area contributed by atoms with E-state index in [0.29, 0.717) is 18.1 Å². The molecule has 1 aliphatic rings. The fourth-order valence-electron chi connectivity index (χ4n) is 2.13. The van der Waals surface area contributed by atoms with E-state index in [1.54, 1.807) is 0 Å². The maximum Gasteiger partial charge on any atom is 0.246 e. The van der Waals surface area contributed by atoms with Crippen molar-refractivity contribution in [3.63, 3.8) is 0 Å². The minimum absolute atomic E-state index is 0.0911. The molecule has 3 rings (SSSR count). The summed E-state index contributed by atoms with van der Waals surface area (Å²) in [6, 6.07) is 9.66. The van der Waals surface area contributed by atoms with Gasteiger partial charge in [0.05, 0.1) is 6.54 Å². The summed E-state index contributed by atoms with van der Waals surface area (Å²) in [5, 5.41) is 9.73. The highest BCUT2D eigenvalue weighted by Crippen LogP contribution is 2.06. The minimum Gasteiger partial charge on any atom is -0.345 e. The zero-order valence-corrected chi connectivity index (χ0v) is 11.5. The Bertz CT molecular complexity index is 636. The molecule has 2 N–H and O–H groups in total. The average Bonchev–Trinajstić information content (AvgIpc) is 3.17. The fraction of sp³-hybridized carbons (Fsp3) is 0.267. The van der Waals surface area contributed by atoms with E-state index in [-0.39, 0.29) is 18.5 Å². The van der Waals surface area contributed by atoms with Gasteiger partial charge in [-0.2, -0.15) is 4.98 Å². The summed E-state index contributed by atoms with van der Waals surface area (Å²) >= 11 is 0. The van der Waals surface area contributed by atoms with Crippen LogP contribution in [-0.2, 0) is 17.8 Å². The predicted molar refractivity (Wildman–Crippen MR) is 76.3 cm³/mol. The number of aromatic nitrogens is 2. The van der Waals surface area contributed by atoms with Gasteiger partial charge in [0.2, 0.25) is 11.8 Å². The van der Waals surface area contributed by atoms with Crippen molar-refractivity contribution in [1.82, 2.24) is 20.8 Å². The van der Waals surface area contributed by atoms with E-state index in [1.807, 2.05) is 42.5 Å². The molecule has 0 fully saturated rings. The first-order chi connectivity index (χ1) is 10.3. The van der Waals surface area contributed by atoms with E-state index in [0.717, 1.165) is 12.1 Å². The molecule has 1 aromatic carbocycles. The van der Waals surface area contributed by atoms with Gasteiger partial charge < -0.3 is 9.84 Å². The van der Waals surface area contributed by atoms with E-state index in [4.69, 9.17) is 4.52 Å². The van der Waals surface area contributed by atoms with E-state index in [2.05, 4.69) is 20.8 Å². The van der Waals surface area contributed by atoms with Gasteiger partial charge in [0.15, 0.2) is 5.82 Å². The molecule has 1 aromatic heterocycles. The van der Waals surface area contributed by atoms with E-state index >= 15 is 0 Å². The lowest BCUT2D eigenvalue weighted by atomic mass is 10.1. The van der Waals surface area contributed by atoms with Gasteiger partial charge in [-0.3, -0.25) is 10.1 Å². The molecule has 0 saturated heterocycles. The number of hydrogen-bond donors (Lipinski definition) is 2. The largest absolute Gasteiger partial charge is 0.345 e. The van der Waals surface area contributed by atoms with Crippen molar-refractivity contribution in [2.24, 2.45) is 0 Å². The summed E-state index contributed by atoms with van der Waals surface area (Å²) in [5.41, 5.74) is 1.12. The van der Waals surface area contributed by atoms with Crippen LogP contribution in [0.5, 0.6) is 0 Å². The van der Waals surface area contributed by atoms with Crippen LogP contribution in [0.15, 0.2) is 47.0 Å². The molecule has 1 aliphatic heterocycles. The number of carbonyl (C=O) groups excluding carboxylic acids is 1. The quantitative estimate of drug-likeness (QED) is 0.794. The average molecular weight is 284 g/mol. The topological polar surface area (TPSA) is 80.1 Å². The zero-order chi connectivity index (χ0) is 14.5. The maximum absolute atomic E-state index is 11.8. The summed E-state index contributed by atoms with van der Waals surface area (Å²) < 4.78 is 5.14. The second-order valence-corrected chi connectivity index (χ2v) is 4.80. The molecule has 0 radical (unpaired) electrons.